The molecule has 0 aliphatic carbocycles. The molecule has 0 atom stereocenters. The average molecular weight is 166 g/mol. The molecule has 11 heavy (non-hydrogen) atoms. The van der Waals surface area contributed by atoms with Crippen LogP contribution in [0.5, 0.6) is 5.75 Å². The first kappa shape index (κ1) is 8.21. The predicted molar refractivity (Wildman–Crippen MR) is 50.3 cm³/mol. The Balaban J connectivity index is 3.16. The van der Waals surface area contributed by atoms with Crippen molar-refractivity contribution in [2.45, 2.75) is 4.90 Å². The van der Waals surface area contributed by atoms with E-state index in [0.717, 1.165) is 16.2 Å². The second kappa shape index (κ2) is 3.49. The maximum Gasteiger partial charge on any atom is 0.127 e. The van der Waals surface area contributed by atoms with Crippen molar-refractivity contribution in [1.29, 1.82) is 0 Å². The van der Waals surface area contributed by atoms with Crippen molar-refractivity contribution < 1.29 is 4.74 Å². The van der Waals surface area contributed by atoms with Crippen molar-refractivity contribution in [1.82, 2.24) is 0 Å². The zero-order valence-electron chi connectivity index (χ0n) is 6.37. The Morgan fingerprint density at radius 1 is 1.55 bits per heavy atom. The Hall–Kier alpha value is -0.890. The molecule has 1 rings (SSSR count). The van der Waals surface area contributed by atoms with Crippen LogP contribution in [0.4, 0.5) is 0 Å². The van der Waals surface area contributed by atoms with Gasteiger partial charge in [0, 0.05) is 10.5 Å². The third-order valence-electron chi connectivity index (χ3n) is 1.44. The van der Waals surface area contributed by atoms with Gasteiger partial charge in [-0.3, -0.25) is 0 Å². The second-order valence-corrected chi connectivity index (χ2v) is 2.65. The highest BCUT2D eigenvalue weighted by atomic mass is 32.1. The lowest BCUT2D eigenvalue weighted by Crippen LogP contribution is -1.85. The van der Waals surface area contributed by atoms with Crippen LogP contribution in [0.1, 0.15) is 5.56 Å². The van der Waals surface area contributed by atoms with Crippen molar-refractivity contribution in [3.63, 3.8) is 0 Å². The predicted octanol–water partition coefficient (Wildman–Crippen LogP) is 2.63. The number of methoxy groups -OCH3 is 1. The number of rotatable bonds is 2. The summed E-state index contributed by atoms with van der Waals surface area (Å²) < 4.78 is 5.10. The topological polar surface area (TPSA) is 9.23 Å². The zero-order valence-corrected chi connectivity index (χ0v) is 7.27. The van der Waals surface area contributed by atoms with Crippen LogP contribution in [0.3, 0.4) is 0 Å². The van der Waals surface area contributed by atoms with Crippen LogP contribution in [0.15, 0.2) is 29.7 Å². The highest BCUT2D eigenvalue weighted by molar-refractivity contribution is 7.80. The second-order valence-electron chi connectivity index (χ2n) is 2.13. The first-order chi connectivity index (χ1) is 5.27. The molecule has 0 bridgehead atoms. The number of thiol groups is 1. The molecule has 0 aliphatic rings. The largest absolute Gasteiger partial charge is 0.496 e. The Morgan fingerprint density at radius 2 is 2.27 bits per heavy atom. The lowest BCUT2D eigenvalue weighted by Gasteiger charge is -2.04. The van der Waals surface area contributed by atoms with Crippen LogP contribution >= 0.6 is 12.6 Å². The quantitative estimate of drug-likeness (QED) is 0.664. The van der Waals surface area contributed by atoms with E-state index in [-0.39, 0.29) is 0 Å². The summed E-state index contributed by atoms with van der Waals surface area (Å²) in [5.41, 5.74) is 0.991. The van der Waals surface area contributed by atoms with E-state index in [1.165, 1.54) is 0 Å². The van der Waals surface area contributed by atoms with E-state index in [2.05, 4.69) is 19.2 Å². The lowest BCUT2D eigenvalue weighted by atomic mass is 10.2. The highest BCUT2D eigenvalue weighted by Gasteiger charge is 1.97. The third-order valence-corrected chi connectivity index (χ3v) is 1.72. The van der Waals surface area contributed by atoms with E-state index in [1.807, 2.05) is 18.2 Å². The van der Waals surface area contributed by atoms with Gasteiger partial charge in [-0.2, -0.15) is 0 Å². The fraction of sp³-hybridized carbons (Fsp3) is 0.111. The summed E-state index contributed by atoms with van der Waals surface area (Å²) in [4.78, 5) is 0.896. The normalized spacial score (nSPS) is 9.27. The number of benzene rings is 1. The zero-order chi connectivity index (χ0) is 8.27. The van der Waals surface area contributed by atoms with Gasteiger partial charge in [-0.1, -0.05) is 18.7 Å². The minimum Gasteiger partial charge on any atom is -0.496 e. The first-order valence-electron chi connectivity index (χ1n) is 3.27. The van der Waals surface area contributed by atoms with E-state index in [0.29, 0.717) is 0 Å². The average Bonchev–Trinajstić information content (AvgIpc) is 2.04. The molecule has 1 aromatic rings. The number of ether oxygens (including phenoxy) is 1. The van der Waals surface area contributed by atoms with Crippen LogP contribution in [-0.4, -0.2) is 7.11 Å². The summed E-state index contributed by atoms with van der Waals surface area (Å²) in [6.45, 7) is 3.66. The van der Waals surface area contributed by atoms with Crippen molar-refractivity contribution >= 4 is 18.7 Å². The maximum atomic E-state index is 5.10. The Kier molecular flexibility index (Phi) is 2.60. The molecule has 0 saturated carbocycles. The fourth-order valence-corrected chi connectivity index (χ4v) is 1.06. The van der Waals surface area contributed by atoms with Crippen molar-refractivity contribution in [3.8, 4) is 5.75 Å². The molecule has 0 radical (unpaired) electrons. The summed E-state index contributed by atoms with van der Waals surface area (Å²) in [5.74, 6) is 0.813. The van der Waals surface area contributed by atoms with E-state index in [1.54, 1.807) is 13.2 Å². The molecule has 0 aliphatic heterocycles. The van der Waals surface area contributed by atoms with Gasteiger partial charge in [0.2, 0.25) is 0 Å². The van der Waals surface area contributed by atoms with Crippen LogP contribution in [0.25, 0.3) is 6.08 Å². The third kappa shape index (κ3) is 1.77. The van der Waals surface area contributed by atoms with Crippen molar-refractivity contribution in [2.75, 3.05) is 7.11 Å². The molecule has 0 saturated heterocycles. The molecule has 0 spiro atoms. The molecular formula is C9H10OS. The lowest BCUT2D eigenvalue weighted by molar-refractivity contribution is 0.413. The van der Waals surface area contributed by atoms with E-state index in [9.17, 15) is 0 Å². The van der Waals surface area contributed by atoms with Crippen LogP contribution < -0.4 is 4.74 Å². The van der Waals surface area contributed by atoms with Crippen molar-refractivity contribution in [3.05, 3.63) is 30.3 Å². The van der Waals surface area contributed by atoms with E-state index < -0.39 is 0 Å². The van der Waals surface area contributed by atoms with Gasteiger partial charge in [-0.15, -0.1) is 12.6 Å². The SMILES string of the molecule is C=Cc1ccc(S)cc1OC. The van der Waals surface area contributed by atoms with Crippen LogP contribution in [0, 0.1) is 0 Å². The molecule has 58 valence electrons. The summed E-state index contributed by atoms with van der Waals surface area (Å²) in [5, 5.41) is 0. The molecule has 0 aromatic heterocycles. The minimum atomic E-state index is 0.813. The van der Waals surface area contributed by atoms with Gasteiger partial charge < -0.3 is 4.74 Å². The summed E-state index contributed by atoms with van der Waals surface area (Å²) in [6, 6.07) is 5.69. The molecule has 0 heterocycles. The Bertz CT molecular complexity index is 268. The van der Waals surface area contributed by atoms with E-state index in [4.69, 9.17) is 4.74 Å². The molecule has 2 heteroatoms. The van der Waals surface area contributed by atoms with Gasteiger partial charge in [0.25, 0.3) is 0 Å². The molecule has 0 unspecified atom stereocenters. The molecule has 1 nitrogen and oxygen atoms in total. The maximum absolute atomic E-state index is 5.10. The van der Waals surface area contributed by atoms with Crippen molar-refractivity contribution in [2.24, 2.45) is 0 Å². The van der Waals surface area contributed by atoms with Gasteiger partial charge >= 0.3 is 0 Å². The van der Waals surface area contributed by atoms with Gasteiger partial charge in [-0.25, -0.2) is 0 Å². The standard InChI is InChI=1S/C9H10OS/c1-3-7-4-5-8(11)6-9(7)10-2/h3-6,11H,1H2,2H3. The Morgan fingerprint density at radius 3 is 2.82 bits per heavy atom. The number of hydrogen-bond donors (Lipinski definition) is 1. The minimum absolute atomic E-state index is 0.813. The van der Waals surface area contributed by atoms with E-state index >= 15 is 0 Å². The van der Waals surface area contributed by atoms with Gasteiger partial charge in [-0.05, 0) is 12.1 Å². The van der Waals surface area contributed by atoms with Crippen LogP contribution in [-0.2, 0) is 0 Å². The van der Waals surface area contributed by atoms with Crippen LogP contribution in [0.2, 0.25) is 0 Å². The van der Waals surface area contributed by atoms with Gasteiger partial charge in [0.15, 0.2) is 0 Å². The van der Waals surface area contributed by atoms with Gasteiger partial charge in [0.05, 0.1) is 7.11 Å². The molecule has 1 aromatic carbocycles. The molecular weight excluding hydrogens is 156 g/mol. The molecule has 0 fully saturated rings. The molecule has 0 amide bonds. The summed E-state index contributed by atoms with van der Waals surface area (Å²) in [7, 11) is 1.63. The number of hydrogen-bond acceptors (Lipinski definition) is 2. The Labute approximate surface area is 72.1 Å². The highest BCUT2D eigenvalue weighted by Crippen LogP contribution is 2.22. The monoisotopic (exact) mass is 166 g/mol. The first-order valence-corrected chi connectivity index (χ1v) is 3.72. The summed E-state index contributed by atoms with van der Waals surface area (Å²) in [6.07, 6.45) is 1.76. The fourth-order valence-electron chi connectivity index (χ4n) is 0.868. The molecule has 0 N–H and O–H groups in total. The smallest absolute Gasteiger partial charge is 0.127 e. The summed E-state index contributed by atoms with van der Waals surface area (Å²) >= 11 is 4.18. The van der Waals surface area contributed by atoms with Gasteiger partial charge in [0.1, 0.15) is 5.75 Å².